The fourth-order valence-corrected chi connectivity index (χ4v) is 2.43. The molecule has 5 nitrogen and oxygen atoms in total. The van der Waals surface area contributed by atoms with Gasteiger partial charge in [-0.3, -0.25) is 9.59 Å². The number of hydrogen-bond donors (Lipinski definition) is 1. The molecule has 0 aromatic rings. The minimum atomic E-state index is -0.127. The fraction of sp³-hybridized carbons (Fsp3) is 0.818. The quantitative estimate of drug-likeness (QED) is 0.706. The number of halogens is 1. The van der Waals surface area contributed by atoms with E-state index in [1.165, 1.54) is 0 Å². The molecule has 0 saturated carbocycles. The molecule has 0 spiro atoms. The monoisotopic (exact) mass is 261 g/mol. The maximum Gasteiger partial charge on any atom is 0.228 e. The van der Waals surface area contributed by atoms with Gasteiger partial charge in [0.2, 0.25) is 11.8 Å². The number of nitrogens with zero attached hydrogens (tertiary/aromatic N) is 2. The summed E-state index contributed by atoms with van der Waals surface area (Å²) in [6.07, 6.45) is 0.381. The lowest BCUT2D eigenvalue weighted by atomic mass is 10.1. The van der Waals surface area contributed by atoms with E-state index < -0.39 is 0 Å². The third-order valence-electron chi connectivity index (χ3n) is 3.47. The zero-order valence-corrected chi connectivity index (χ0v) is 11.1. The lowest BCUT2D eigenvalue weighted by Gasteiger charge is -2.35. The Kier molecular flexibility index (Phi) is 4.77. The highest BCUT2D eigenvalue weighted by Gasteiger charge is 2.36. The molecule has 0 aromatic heterocycles. The first-order valence-corrected chi connectivity index (χ1v) is 5.84. The first-order chi connectivity index (χ1) is 7.59. The zero-order chi connectivity index (χ0) is 11.7. The predicted octanol–water partition coefficient (Wildman–Crippen LogP) is -0.293. The fourth-order valence-electron chi connectivity index (χ4n) is 2.43. The summed E-state index contributed by atoms with van der Waals surface area (Å²) in [4.78, 5) is 27.2. The largest absolute Gasteiger partial charge is 0.345 e. The van der Waals surface area contributed by atoms with Crippen molar-refractivity contribution in [3.05, 3.63) is 0 Å². The number of piperazine rings is 1. The molecule has 1 N–H and O–H groups in total. The smallest absolute Gasteiger partial charge is 0.228 e. The van der Waals surface area contributed by atoms with Gasteiger partial charge >= 0.3 is 0 Å². The Morgan fingerprint density at radius 2 is 2.18 bits per heavy atom. The van der Waals surface area contributed by atoms with E-state index in [1.54, 1.807) is 11.9 Å². The van der Waals surface area contributed by atoms with Gasteiger partial charge in [0, 0.05) is 45.7 Å². The summed E-state index contributed by atoms with van der Waals surface area (Å²) < 4.78 is 0. The van der Waals surface area contributed by atoms with Gasteiger partial charge in [-0.15, -0.1) is 12.4 Å². The zero-order valence-electron chi connectivity index (χ0n) is 10.3. The second-order valence-electron chi connectivity index (χ2n) is 4.76. The van der Waals surface area contributed by atoms with E-state index in [0.717, 1.165) is 19.6 Å². The van der Waals surface area contributed by atoms with Crippen LogP contribution in [0.4, 0.5) is 0 Å². The lowest BCUT2D eigenvalue weighted by molar-refractivity contribution is -0.138. The second kappa shape index (κ2) is 5.69. The van der Waals surface area contributed by atoms with E-state index in [2.05, 4.69) is 5.32 Å². The van der Waals surface area contributed by atoms with E-state index in [-0.39, 0.29) is 36.2 Å². The van der Waals surface area contributed by atoms with E-state index in [4.69, 9.17) is 0 Å². The van der Waals surface area contributed by atoms with Gasteiger partial charge in [-0.1, -0.05) is 0 Å². The van der Waals surface area contributed by atoms with E-state index in [9.17, 15) is 9.59 Å². The molecule has 2 aliphatic heterocycles. The summed E-state index contributed by atoms with van der Waals surface area (Å²) in [5.41, 5.74) is 0. The van der Waals surface area contributed by atoms with Gasteiger partial charge in [0.1, 0.15) is 0 Å². The van der Waals surface area contributed by atoms with Crippen LogP contribution >= 0.6 is 12.4 Å². The van der Waals surface area contributed by atoms with Crippen molar-refractivity contribution in [3.8, 4) is 0 Å². The van der Waals surface area contributed by atoms with Crippen molar-refractivity contribution < 1.29 is 9.59 Å². The number of carbonyl (C=O) groups is 2. The van der Waals surface area contributed by atoms with E-state index in [1.807, 2.05) is 11.8 Å². The van der Waals surface area contributed by atoms with Crippen molar-refractivity contribution in [2.75, 3.05) is 33.2 Å². The molecule has 0 bridgehead atoms. The Morgan fingerprint density at radius 1 is 1.47 bits per heavy atom. The van der Waals surface area contributed by atoms with Crippen LogP contribution in [0.25, 0.3) is 0 Å². The summed E-state index contributed by atoms with van der Waals surface area (Å²) >= 11 is 0. The van der Waals surface area contributed by atoms with E-state index in [0.29, 0.717) is 13.0 Å². The van der Waals surface area contributed by atoms with Crippen LogP contribution < -0.4 is 5.32 Å². The molecular weight excluding hydrogens is 242 g/mol. The second-order valence-corrected chi connectivity index (χ2v) is 4.76. The van der Waals surface area contributed by atoms with Crippen LogP contribution in [0.15, 0.2) is 0 Å². The van der Waals surface area contributed by atoms with Crippen LogP contribution in [0.5, 0.6) is 0 Å². The Balaban J connectivity index is 0.00000144. The highest BCUT2D eigenvalue weighted by molar-refractivity contribution is 5.89. The van der Waals surface area contributed by atoms with Gasteiger partial charge in [0.15, 0.2) is 0 Å². The molecule has 2 atom stereocenters. The minimum Gasteiger partial charge on any atom is -0.345 e. The Bertz CT molecular complexity index is 311. The first kappa shape index (κ1) is 14.3. The van der Waals surface area contributed by atoms with Crippen molar-refractivity contribution in [3.63, 3.8) is 0 Å². The predicted molar refractivity (Wildman–Crippen MR) is 67.0 cm³/mol. The molecule has 0 aliphatic carbocycles. The summed E-state index contributed by atoms with van der Waals surface area (Å²) in [5.74, 6) is 0.103. The van der Waals surface area contributed by atoms with Crippen LogP contribution in [-0.4, -0.2) is 60.9 Å². The number of carbonyl (C=O) groups excluding carboxylic acids is 2. The third kappa shape index (κ3) is 2.90. The molecule has 98 valence electrons. The molecule has 0 aromatic carbocycles. The molecule has 2 aliphatic rings. The topological polar surface area (TPSA) is 52.7 Å². The van der Waals surface area contributed by atoms with Crippen molar-refractivity contribution in [2.24, 2.45) is 5.92 Å². The Labute approximate surface area is 108 Å². The SMILES string of the molecule is C[C@@H]1CNCCN1C(=O)C1CC(=O)N(C)C1.Cl. The molecule has 2 saturated heterocycles. The molecule has 17 heavy (non-hydrogen) atoms. The summed E-state index contributed by atoms with van der Waals surface area (Å²) in [5, 5.41) is 3.26. The van der Waals surface area contributed by atoms with Gasteiger partial charge < -0.3 is 15.1 Å². The van der Waals surface area contributed by atoms with Crippen LogP contribution in [0, 0.1) is 5.92 Å². The lowest BCUT2D eigenvalue weighted by Crippen LogP contribution is -2.54. The molecule has 1 unspecified atom stereocenters. The van der Waals surface area contributed by atoms with E-state index >= 15 is 0 Å². The molecule has 2 fully saturated rings. The highest BCUT2D eigenvalue weighted by atomic mass is 35.5. The molecule has 6 heteroatoms. The van der Waals surface area contributed by atoms with Crippen molar-refractivity contribution >= 4 is 24.2 Å². The number of amides is 2. The summed E-state index contributed by atoms with van der Waals surface area (Å²) in [7, 11) is 1.76. The summed E-state index contributed by atoms with van der Waals surface area (Å²) in [6.45, 7) is 5.09. The molecule has 2 rings (SSSR count). The van der Waals surface area contributed by atoms with Gasteiger partial charge in [0.25, 0.3) is 0 Å². The average molecular weight is 262 g/mol. The van der Waals surface area contributed by atoms with Crippen LogP contribution in [0.3, 0.4) is 0 Å². The number of nitrogens with one attached hydrogen (secondary N) is 1. The number of hydrogen-bond acceptors (Lipinski definition) is 3. The van der Waals surface area contributed by atoms with Gasteiger partial charge in [-0.05, 0) is 6.92 Å². The van der Waals surface area contributed by atoms with Crippen LogP contribution in [0.2, 0.25) is 0 Å². The Morgan fingerprint density at radius 3 is 2.71 bits per heavy atom. The molecular formula is C11H20ClN3O2. The summed E-state index contributed by atoms with van der Waals surface area (Å²) in [6, 6.07) is 0.238. The number of likely N-dealkylation sites (tertiary alicyclic amines) is 1. The highest BCUT2D eigenvalue weighted by Crippen LogP contribution is 2.20. The Hall–Kier alpha value is -0.810. The molecule has 2 heterocycles. The molecule has 0 radical (unpaired) electrons. The van der Waals surface area contributed by atoms with Gasteiger partial charge in [-0.25, -0.2) is 0 Å². The van der Waals surface area contributed by atoms with Crippen LogP contribution in [-0.2, 0) is 9.59 Å². The number of rotatable bonds is 1. The average Bonchev–Trinajstić information content (AvgIpc) is 2.59. The van der Waals surface area contributed by atoms with Crippen LogP contribution in [0.1, 0.15) is 13.3 Å². The maximum absolute atomic E-state index is 12.2. The normalized spacial score (nSPS) is 29.2. The van der Waals surface area contributed by atoms with Crippen molar-refractivity contribution in [1.29, 1.82) is 0 Å². The first-order valence-electron chi connectivity index (χ1n) is 5.84. The van der Waals surface area contributed by atoms with Gasteiger partial charge in [-0.2, -0.15) is 0 Å². The van der Waals surface area contributed by atoms with Crippen molar-refractivity contribution in [2.45, 2.75) is 19.4 Å². The maximum atomic E-state index is 12.2. The third-order valence-corrected chi connectivity index (χ3v) is 3.47. The van der Waals surface area contributed by atoms with Crippen molar-refractivity contribution in [1.82, 2.24) is 15.1 Å². The molecule has 2 amide bonds. The minimum absolute atomic E-state index is 0. The standard InChI is InChI=1S/C11H19N3O2.ClH/c1-8-6-12-3-4-14(8)11(16)9-5-10(15)13(2)7-9;/h8-9,12H,3-7H2,1-2H3;1H/t8-,9?;/m1./s1. The van der Waals surface area contributed by atoms with Gasteiger partial charge in [0.05, 0.1) is 5.92 Å².